The average molecular weight is 442 g/mol. The highest BCUT2D eigenvalue weighted by Crippen LogP contribution is 2.33. The Balaban J connectivity index is 1.62. The molecule has 3 nitrogen and oxygen atoms in total. The van der Waals surface area contributed by atoms with Crippen molar-refractivity contribution in [2.75, 3.05) is 0 Å². The van der Waals surface area contributed by atoms with Crippen LogP contribution in [0.1, 0.15) is 26.6 Å². The molecule has 166 valence electrons. The summed E-state index contributed by atoms with van der Waals surface area (Å²) >= 11 is 0. The Morgan fingerprint density at radius 2 is 0.882 bits per heavy atom. The summed E-state index contributed by atoms with van der Waals surface area (Å²) in [5.74, 6) is 2.18. The first-order chi connectivity index (χ1) is 16.5. The Labute approximate surface area is 201 Å². The number of hydrogen-bond donors (Lipinski definition) is 0. The molecule has 0 fully saturated rings. The van der Waals surface area contributed by atoms with E-state index >= 15 is 0 Å². The standard InChI is InChI=1S/C31H27N3/c1-31(2,3)30-33-28(25-14-8-5-9-15-25)32-29(34-30)27-17-11-10-16-26(27)24-20-18-23(19-21-24)22-12-6-4-7-13-22/h4-21H,1-3H3. The molecule has 4 aromatic carbocycles. The molecule has 3 heteroatoms. The van der Waals surface area contributed by atoms with E-state index < -0.39 is 0 Å². The van der Waals surface area contributed by atoms with Gasteiger partial charge >= 0.3 is 0 Å². The molecule has 0 spiro atoms. The van der Waals surface area contributed by atoms with Gasteiger partial charge in [-0.2, -0.15) is 0 Å². The SMILES string of the molecule is CC(C)(C)c1nc(-c2ccccc2)nc(-c2ccccc2-c2ccc(-c3ccccc3)cc2)n1. The lowest BCUT2D eigenvalue weighted by molar-refractivity contribution is 0.543. The van der Waals surface area contributed by atoms with Gasteiger partial charge in [-0.1, -0.05) is 130 Å². The van der Waals surface area contributed by atoms with Crippen molar-refractivity contribution in [1.29, 1.82) is 0 Å². The summed E-state index contributed by atoms with van der Waals surface area (Å²) in [6, 6.07) is 37.6. The van der Waals surface area contributed by atoms with E-state index in [0.29, 0.717) is 11.6 Å². The highest BCUT2D eigenvalue weighted by Gasteiger charge is 2.22. The van der Waals surface area contributed by atoms with Crippen molar-refractivity contribution in [2.24, 2.45) is 0 Å². The van der Waals surface area contributed by atoms with Gasteiger partial charge in [0, 0.05) is 16.5 Å². The van der Waals surface area contributed by atoms with Crippen LogP contribution in [0.5, 0.6) is 0 Å². The van der Waals surface area contributed by atoms with E-state index in [2.05, 4.69) is 87.5 Å². The van der Waals surface area contributed by atoms with Gasteiger partial charge in [0.1, 0.15) is 5.82 Å². The number of rotatable bonds is 4. The largest absolute Gasteiger partial charge is 0.212 e. The summed E-state index contributed by atoms with van der Waals surface area (Å²) in [6.45, 7) is 6.40. The normalized spacial score (nSPS) is 11.4. The summed E-state index contributed by atoms with van der Waals surface area (Å²) in [6.07, 6.45) is 0. The molecular weight excluding hydrogens is 414 g/mol. The third-order valence-corrected chi connectivity index (χ3v) is 5.81. The van der Waals surface area contributed by atoms with Crippen molar-refractivity contribution in [2.45, 2.75) is 26.2 Å². The Kier molecular flexibility index (Phi) is 5.77. The Morgan fingerprint density at radius 1 is 0.412 bits per heavy atom. The van der Waals surface area contributed by atoms with E-state index in [0.717, 1.165) is 28.1 Å². The van der Waals surface area contributed by atoms with Gasteiger partial charge in [-0.05, 0) is 22.3 Å². The van der Waals surface area contributed by atoms with Gasteiger partial charge < -0.3 is 0 Å². The number of hydrogen-bond acceptors (Lipinski definition) is 3. The lowest BCUT2D eigenvalue weighted by atomic mass is 9.94. The zero-order chi connectivity index (χ0) is 23.5. The number of benzene rings is 4. The van der Waals surface area contributed by atoms with Crippen LogP contribution in [0.15, 0.2) is 109 Å². The van der Waals surface area contributed by atoms with E-state index in [1.165, 1.54) is 11.1 Å². The van der Waals surface area contributed by atoms with Gasteiger partial charge in [0.2, 0.25) is 0 Å². The predicted molar refractivity (Wildman–Crippen MR) is 140 cm³/mol. The molecule has 0 aliphatic rings. The second-order valence-electron chi connectivity index (χ2n) is 9.41. The highest BCUT2D eigenvalue weighted by molar-refractivity contribution is 5.82. The molecule has 0 amide bonds. The van der Waals surface area contributed by atoms with Gasteiger partial charge in [-0.25, -0.2) is 15.0 Å². The maximum atomic E-state index is 4.93. The second-order valence-corrected chi connectivity index (χ2v) is 9.41. The summed E-state index contributed by atoms with van der Waals surface area (Å²) in [5.41, 5.74) is 6.43. The monoisotopic (exact) mass is 441 g/mol. The summed E-state index contributed by atoms with van der Waals surface area (Å²) in [4.78, 5) is 14.7. The molecule has 0 saturated carbocycles. The van der Waals surface area contributed by atoms with Gasteiger partial charge in [0.25, 0.3) is 0 Å². The fourth-order valence-electron chi connectivity index (χ4n) is 3.95. The van der Waals surface area contributed by atoms with Crippen LogP contribution < -0.4 is 0 Å². The molecule has 1 aromatic heterocycles. The van der Waals surface area contributed by atoms with Crippen molar-refractivity contribution in [3.8, 4) is 45.0 Å². The topological polar surface area (TPSA) is 38.7 Å². The molecule has 0 saturated heterocycles. The van der Waals surface area contributed by atoms with Gasteiger partial charge in [0.15, 0.2) is 11.6 Å². The molecule has 0 atom stereocenters. The van der Waals surface area contributed by atoms with Gasteiger partial charge in [-0.15, -0.1) is 0 Å². The van der Waals surface area contributed by atoms with E-state index in [-0.39, 0.29) is 5.41 Å². The Bertz CT molecular complexity index is 1400. The summed E-state index contributed by atoms with van der Waals surface area (Å²) in [7, 11) is 0. The smallest absolute Gasteiger partial charge is 0.164 e. The lowest BCUT2D eigenvalue weighted by Crippen LogP contribution is -2.18. The van der Waals surface area contributed by atoms with Crippen LogP contribution in [0.4, 0.5) is 0 Å². The number of aromatic nitrogens is 3. The van der Waals surface area contributed by atoms with Crippen LogP contribution in [-0.2, 0) is 5.41 Å². The first-order valence-electron chi connectivity index (χ1n) is 11.6. The van der Waals surface area contributed by atoms with Crippen molar-refractivity contribution >= 4 is 0 Å². The highest BCUT2D eigenvalue weighted by atomic mass is 15.0. The molecule has 0 unspecified atom stereocenters. The molecule has 0 N–H and O–H groups in total. The summed E-state index contributed by atoms with van der Waals surface area (Å²) < 4.78 is 0. The molecular formula is C31H27N3. The van der Waals surface area contributed by atoms with Crippen molar-refractivity contribution in [3.05, 3.63) is 115 Å². The zero-order valence-corrected chi connectivity index (χ0v) is 19.7. The van der Waals surface area contributed by atoms with Crippen LogP contribution in [0.2, 0.25) is 0 Å². The molecule has 5 aromatic rings. The molecule has 1 heterocycles. The second kappa shape index (κ2) is 9.03. The fraction of sp³-hybridized carbons (Fsp3) is 0.129. The maximum absolute atomic E-state index is 4.93. The first-order valence-corrected chi connectivity index (χ1v) is 11.6. The minimum absolute atomic E-state index is 0.201. The Hall–Kier alpha value is -4.11. The van der Waals surface area contributed by atoms with Crippen molar-refractivity contribution in [1.82, 2.24) is 15.0 Å². The van der Waals surface area contributed by atoms with Crippen LogP contribution in [0.3, 0.4) is 0 Å². The molecule has 0 aliphatic heterocycles. The van der Waals surface area contributed by atoms with Crippen LogP contribution in [0.25, 0.3) is 45.0 Å². The third kappa shape index (κ3) is 4.51. The quantitative estimate of drug-likeness (QED) is 0.285. The average Bonchev–Trinajstić information content (AvgIpc) is 2.89. The summed E-state index contributed by atoms with van der Waals surface area (Å²) in [5, 5.41) is 0. The molecule has 0 radical (unpaired) electrons. The minimum Gasteiger partial charge on any atom is -0.212 e. The van der Waals surface area contributed by atoms with E-state index in [4.69, 9.17) is 15.0 Å². The van der Waals surface area contributed by atoms with E-state index in [9.17, 15) is 0 Å². The van der Waals surface area contributed by atoms with Crippen LogP contribution in [-0.4, -0.2) is 15.0 Å². The van der Waals surface area contributed by atoms with E-state index in [1.807, 2.05) is 42.5 Å². The third-order valence-electron chi connectivity index (χ3n) is 5.81. The van der Waals surface area contributed by atoms with Crippen LogP contribution >= 0.6 is 0 Å². The van der Waals surface area contributed by atoms with Crippen molar-refractivity contribution in [3.63, 3.8) is 0 Å². The van der Waals surface area contributed by atoms with Gasteiger partial charge in [0.05, 0.1) is 0 Å². The Morgan fingerprint density at radius 3 is 1.50 bits per heavy atom. The van der Waals surface area contributed by atoms with Crippen molar-refractivity contribution < 1.29 is 0 Å². The lowest BCUT2D eigenvalue weighted by Gasteiger charge is -2.19. The molecule has 0 bridgehead atoms. The molecule has 34 heavy (non-hydrogen) atoms. The minimum atomic E-state index is -0.201. The zero-order valence-electron chi connectivity index (χ0n) is 19.7. The van der Waals surface area contributed by atoms with E-state index in [1.54, 1.807) is 0 Å². The first kappa shape index (κ1) is 21.7. The fourth-order valence-corrected chi connectivity index (χ4v) is 3.95. The predicted octanol–water partition coefficient (Wildman–Crippen LogP) is 7.84. The molecule has 5 rings (SSSR count). The number of nitrogens with zero attached hydrogens (tertiary/aromatic N) is 3. The molecule has 0 aliphatic carbocycles. The maximum Gasteiger partial charge on any atom is 0.164 e. The van der Waals surface area contributed by atoms with Crippen LogP contribution in [0, 0.1) is 0 Å². The van der Waals surface area contributed by atoms with Gasteiger partial charge in [-0.3, -0.25) is 0 Å².